The minimum Gasteiger partial charge on any atom is -0.291 e. The minimum atomic E-state index is 0.0865. The van der Waals surface area contributed by atoms with Crippen molar-refractivity contribution in [1.82, 2.24) is 0 Å². The van der Waals surface area contributed by atoms with Crippen LogP contribution in [-0.2, 0) is 0 Å². The summed E-state index contributed by atoms with van der Waals surface area (Å²) in [5, 5.41) is 0. The Kier molecular flexibility index (Phi) is 3.77. The van der Waals surface area contributed by atoms with Crippen LogP contribution in [-0.4, -0.2) is 11.8 Å². The molecule has 0 fully saturated rings. The van der Waals surface area contributed by atoms with E-state index in [2.05, 4.69) is 52.7 Å². The molecule has 0 aromatic heterocycles. The molecule has 1 atom stereocenters. The molecule has 0 aliphatic heterocycles. The summed E-state index contributed by atoms with van der Waals surface area (Å²) in [6.45, 7) is 13.0. The van der Waals surface area contributed by atoms with Gasteiger partial charge in [0.25, 0.3) is 0 Å². The quantitative estimate of drug-likeness (QED) is 0.543. The smallest absolute Gasteiger partial charge is 0.0520 e. The van der Waals surface area contributed by atoms with Crippen LogP contribution in [0, 0.1) is 11.8 Å². The van der Waals surface area contributed by atoms with Crippen LogP contribution in [0.4, 0.5) is 0 Å². The van der Waals surface area contributed by atoms with Crippen LogP contribution in [0.1, 0.15) is 41.5 Å². The molecule has 0 saturated heterocycles. The van der Waals surface area contributed by atoms with Crippen LogP contribution in [0.3, 0.4) is 0 Å². The second-order valence-corrected chi connectivity index (χ2v) is 4.55. The maximum Gasteiger partial charge on any atom is 0.0520 e. The normalized spacial score (nSPS) is 16.3. The Balaban J connectivity index is 3.93. The third kappa shape index (κ3) is 6.08. The topological polar surface area (TPSA) is 12.4 Å². The summed E-state index contributed by atoms with van der Waals surface area (Å²) >= 11 is 0. The third-order valence-electron chi connectivity index (χ3n) is 1.75. The Hall–Kier alpha value is -0.330. The Morgan fingerprint density at radius 2 is 1.55 bits per heavy atom. The highest BCUT2D eigenvalue weighted by Gasteiger charge is 2.08. The molecular weight excluding hydrogens is 134 g/mol. The van der Waals surface area contributed by atoms with Crippen molar-refractivity contribution in [2.24, 2.45) is 16.8 Å². The van der Waals surface area contributed by atoms with Gasteiger partial charge in [-0.3, -0.25) is 4.99 Å². The molecule has 0 heterocycles. The molecule has 11 heavy (non-hydrogen) atoms. The molecule has 0 aromatic rings. The van der Waals surface area contributed by atoms with Crippen molar-refractivity contribution in [3.8, 4) is 0 Å². The van der Waals surface area contributed by atoms with Gasteiger partial charge in [0.1, 0.15) is 0 Å². The molecule has 66 valence electrons. The van der Waals surface area contributed by atoms with Crippen LogP contribution in [0.25, 0.3) is 0 Å². The van der Waals surface area contributed by atoms with E-state index in [-0.39, 0.29) is 5.54 Å². The van der Waals surface area contributed by atoms with Crippen molar-refractivity contribution in [3.63, 3.8) is 0 Å². The summed E-state index contributed by atoms with van der Waals surface area (Å²) in [7, 11) is 0. The first-order valence-electron chi connectivity index (χ1n) is 4.38. The largest absolute Gasteiger partial charge is 0.291 e. The fraction of sp³-hybridized carbons (Fsp3) is 0.900. The lowest BCUT2D eigenvalue weighted by Gasteiger charge is -2.15. The van der Waals surface area contributed by atoms with Gasteiger partial charge in [-0.05, 0) is 32.6 Å². The average Bonchev–Trinajstić information content (AvgIpc) is 1.80. The highest BCUT2D eigenvalue weighted by molar-refractivity contribution is 5.61. The lowest BCUT2D eigenvalue weighted by atomic mass is 9.99. The Morgan fingerprint density at radius 1 is 1.09 bits per heavy atom. The van der Waals surface area contributed by atoms with Gasteiger partial charge >= 0.3 is 0 Å². The fourth-order valence-corrected chi connectivity index (χ4v) is 0.513. The predicted molar refractivity (Wildman–Crippen MR) is 52.2 cm³/mol. The molecular formula is C10H21N. The number of nitrogens with zero attached hydrogens (tertiary/aromatic N) is 1. The summed E-state index contributed by atoms with van der Waals surface area (Å²) in [6, 6.07) is 0. The van der Waals surface area contributed by atoms with Crippen LogP contribution in [0.2, 0.25) is 0 Å². The number of hydrogen-bond acceptors (Lipinski definition) is 1. The standard InChI is InChI=1S/C10H21N/c1-8(2)9(3)7-11-10(4,5)6/h7-9H,1-6H3/b11-7+. The highest BCUT2D eigenvalue weighted by Crippen LogP contribution is 2.10. The molecule has 0 rings (SSSR count). The summed E-state index contributed by atoms with van der Waals surface area (Å²) < 4.78 is 0. The number of hydrogen-bond donors (Lipinski definition) is 0. The fourth-order valence-electron chi connectivity index (χ4n) is 0.513. The summed E-state index contributed by atoms with van der Waals surface area (Å²) in [6.07, 6.45) is 2.07. The van der Waals surface area contributed by atoms with Crippen LogP contribution in [0.15, 0.2) is 4.99 Å². The van der Waals surface area contributed by atoms with Crippen molar-refractivity contribution < 1.29 is 0 Å². The molecule has 0 aromatic carbocycles. The van der Waals surface area contributed by atoms with E-state index in [1.165, 1.54) is 0 Å². The first-order valence-corrected chi connectivity index (χ1v) is 4.38. The SMILES string of the molecule is CC(C)C(C)/C=N/C(C)(C)C. The first kappa shape index (κ1) is 10.7. The minimum absolute atomic E-state index is 0.0865. The van der Waals surface area contributed by atoms with E-state index in [4.69, 9.17) is 0 Å². The molecule has 0 amide bonds. The van der Waals surface area contributed by atoms with Crippen molar-refractivity contribution in [1.29, 1.82) is 0 Å². The van der Waals surface area contributed by atoms with Crippen LogP contribution < -0.4 is 0 Å². The molecule has 0 radical (unpaired) electrons. The zero-order valence-electron chi connectivity index (χ0n) is 8.68. The Bertz CT molecular complexity index is 128. The van der Waals surface area contributed by atoms with E-state index in [9.17, 15) is 0 Å². The van der Waals surface area contributed by atoms with E-state index in [1.807, 2.05) is 0 Å². The summed E-state index contributed by atoms with van der Waals surface area (Å²) in [4.78, 5) is 4.45. The number of rotatable bonds is 2. The molecule has 0 aliphatic rings. The highest BCUT2D eigenvalue weighted by atomic mass is 14.8. The maximum atomic E-state index is 4.45. The molecule has 0 saturated carbocycles. The van der Waals surface area contributed by atoms with Gasteiger partial charge in [0.2, 0.25) is 0 Å². The van der Waals surface area contributed by atoms with Crippen molar-refractivity contribution in [3.05, 3.63) is 0 Å². The number of aliphatic imine (C=N–C) groups is 1. The van der Waals surface area contributed by atoms with Crippen molar-refractivity contribution in [2.75, 3.05) is 0 Å². The van der Waals surface area contributed by atoms with Gasteiger partial charge in [-0.25, -0.2) is 0 Å². The van der Waals surface area contributed by atoms with Gasteiger partial charge < -0.3 is 0 Å². The van der Waals surface area contributed by atoms with Gasteiger partial charge in [-0.1, -0.05) is 20.8 Å². The Labute approximate surface area is 70.9 Å². The van der Waals surface area contributed by atoms with Gasteiger partial charge in [0.15, 0.2) is 0 Å². The molecule has 0 aliphatic carbocycles. The maximum absolute atomic E-state index is 4.45. The second-order valence-electron chi connectivity index (χ2n) is 4.55. The molecule has 1 heteroatoms. The van der Waals surface area contributed by atoms with Gasteiger partial charge in [-0.15, -0.1) is 0 Å². The predicted octanol–water partition coefficient (Wildman–Crippen LogP) is 3.15. The van der Waals surface area contributed by atoms with Crippen LogP contribution >= 0.6 is 0 Å². The van der Waals surface area contributed by atoms with Crippen molar-refractivity contribution in [2.45, 2.75) is 47.1 Å². The second kappa shape index (κ2) is 3.89. The van der Waals surface area contributed by atoms with E-state index >= 15 is 0 Å². The first-order chi connectivity index (χ1) is 4.83. The zero-order chi connectivity index (χ0) is 9.07. The van der Waals surface area contributed by atoms with E-state index in [0.29, 0.717) is 11.8 Å². The summed E-state index contributed by atoms with van der Waals surface area (Å²) in [5.74, 6) is 1.29. The monoisotopic (exact) mass is 155 g/mol. The van der Waals surface area contributed by atoms with E-state index < -0.39 is 0 Å². The van der Waals surface area contributed by atoms with Gasteiger partial charge in [0, 0.05) is 6.21 Å². The van der Waals surface area contributed by atoms with Crippen LogP contribution in [0.5, 0.6) is 0 Å². The van der Waals surface area contributed by atoms with E-state index in [0.717, 1.165) is 0 Å². The molecule has 0 bridgehead atoms. The molecule has 0 spiro atoms. The lowest BCUT2D eigenvalue weighted by molar-refractivity contribution is 0.524. The average molecular weight is 155 g/mol. The van der Waals surface area contributed by atoms with Gasteiger partial charge in [-0.2, -0.15) is 0 Å². The summed E-state index contributed by atoms with van der Waals surface area (Å²) in [5.41, 5.74) is 0.0865. The third-order valence-corrected chi connectivity index (χ3v) is 1.75. The zero-order valence-corrected chi connectivity index (χ0v) is 8.68. The molecule has 1 nitrogen and oxygen atoms in total. The van der Waals surface area contributed by atoms with E-state index in [1.54, 1.807) is 0 Å². The molecule has 0 N–H and O–H groups in total. The Morgan fingerprint density at radius 3 is 1.82 bits per heavy atom. The molecule has 1 unspecified atom stereocenters. The van der Waals surface area contributed by atoms with Crippen molar-refractivity contribution >= 4 is 6.21 Å². The lowest BCUT2D eigenvalue weighted by Crippen LogP contribution is -2.13. The van der Waals surface area contributed by atoms with Gasteiger partial charge in [0.05, 0.1) is 5.54 Å².